The number of fused-ring (bicyclic) bond motifs is 15. The molecule has 9 aliphatic heterocycles. The van der Waals surface area contributed by atoms with Crippen molar-refractivity contribution in [1.82, 2.24) is 92.3 Å². The van der Waals surface area contributed by atoms with Crippen molar-refractivity contribution in [2.75, 3.05) is 74.0 Å². The fraction of sp³-hybridized carbons (Fsp3) is 0.462. The van der Waals surface area contributed by atoms with Crippen molar-refractivity contribution in [3.05, 3.63) is 123 Å². The molecule has 0 spiro atoms. The number of rotatable bonds is 6. The van der Waals surface area contributed by atoms with E-state index in [0.717, 1.165) is 25.0 Å². The first kappa shape index (κ1) is 95.3. The number of nitrogens with one attached hydrogen (secondary N) is 3. The molecule has 6 unspecified atom stereocenters. The standard InChI is InChI=1S/2C22H24F2N8O9P2S2.C21H24FN9O9P2S2/c2*23-8-4-31(18-14(8)9(25)1-2-27-18)13-3-10-11(38-13)5-36-43(35,45)41-17-15(24)12(6-37-42(34,44)40-10)39-21(17)32-7-28-16-19(32)29-22(26)30-20(16)33;22-14-13-6-36-41(33,43)39-11-3-10(9-4-25-17-8(23)1-2-27-31(9)17)37-12(11)5-35-42(34,44)40-16(14)20(38-13)30-7-26-15-18(30)28-21(24)29-19(15)32/h2*1-2,4,7,10-13,15,17,21H,3,5-6H2,(H2,25,27)(H,34,44)(H,35,45)(H3,26,29,30,33);1-2,4,7,10-14,16,20H,3,5-6,23H2,(H,33,43)(H,34,44)(H3,24,28,29,32)/t2*10-,11+,12+,13+,15+,17+,21+,42?,43?;10-,11+,12-,13-,14-,16-,20-,41?,42?/m001/s1. The Hall–Kier alpha value is -7.59. The predicted molar refractivity (Wildman–Crippen MR) is 473 cm³/mol. The second-order valence-corrected chi connectivity index (χ2v) is 47.7. The SMILES string of the molecule is Nc1nc2c(ncn2[C@@H]2O[C@@H]3COP(O)(=S)O[C@H]4C[C@H](c5cnc6c(N)ccnn56)O[C@@H]4COP(O)(=S)O[C@@H]2[C@@H]3F)c(=O)[nH]1.Nc1nc2c(ncn2[C@@H]2O[C@@H]3COP(O)(=S)O[C@H]4C[C@H](n5cc(F)c6c(N)ccnc65)O[C@@H]4COP(=O)(S)O[C@@H]2[C@@H]3F)c(=O)[nH]1.Nc1nc2c(ncn2[C@@H]2O[C@@H]3COP(O)(=S)O[C@H]4C[C@H](n5cc(F)c6c(N)ccnc65)O[C@@H]4COP(O)(=S)O[C@@H]2[C@@H]3F)c(=O)[nH]1. The molecule has 0 aromatic carbocycles. The number of alkyl halides is 3. The summed E-state index contributed by atoms with van der Waals surface area (Å²) in [5, 5.41) is 4.46. The highest BCUT2D eigenvalue weighted by molar-refractivity contribution is 8.44. The van der Waals surface area contributed by atoms with E-state index in [-0.39, 0.29) is 104 Å². The summed E-state index contributed by atoms with van der Waals surface area (Å²) in [7, 11) is 0. The van der Waals surface area contributed by atoms with Crippen LogP contribution in [0.1, 0.15) is 62.2 Å². The second kappa shape index (κ2) is 36.6. The van der Waals surface area contributed by atoms with E-state index >= 15 is 13.2 Å². The van der Waals surface area contributed by atoms with Crippen LogP contribution < -0.4 is 51.1 Å². The number of H-pyrrole nitrogens is 3. The summed E-state index contributed by atoms with van der Waals surface area (Å²) in [6.45, 7) is -28.2. The lowest BCUT2D eigenvalue weighted by Gasteiger charge is -2.27. The molecule has 9 fully saturated rings. The summed E-state index contributed by atoms with van der Waals surface area (Å²) < 4.78 is 202. The number of nitrogen functional groups attached to an aromatic ring is 6. The van der Waals surface area contributed by atoms with E-state index in [1.165, 1.54) is 64.4 Å². The highest BCUT2D eigenvalue weighted by atomic mass is 32.7. The van der Waals surface area contributed by atoms with E-state index in [9.17, 15) is 52.2 Å². The van der Waals surface area contributed by atoms with Gasteiger partial charge in [0.05, 0.1) is 111 Å². The topological polar surface area (TPSA) is 697 Å². The van der Waals surface area contributed by atoms with Crippen LogP contribution in [0, 0.1) is 11.6 Å². The third-order valence-corrected chi connectivity index (χ3v) is 31.8. The van der Waals surface area contributed by atoms with Crippen molar-refractivity contribution < 1.29 is 134 Å². The van der Waals surface area contributed by atoms with E-state index in [4.69, 9.17) is 176 Å². The molecule has 12 aromatic rings. The van der Waals surface area contributed by atoms with Crippen molar-refractivity contribution in [3.63, 3.8) is 0 Å². The molecule has 9 aliphatic rings. The van der Waals surface area contributed by atoms with E-state index < -0.39 is 237 Å². The van der Waals surface area contributed by atoms with E-state index in [1.54, 1.807) is 12.3 Å². The van der Waals surface area contributed by atoms with Gasteiger partial charge in [0.15, 0.2) is 88.0 Å². The van der Waals surface area contributed by atoms with Crippen LogP contribution in [0.25, 0.3) is 61.2 Å². The number of aromatic nitrogens is 19. The van der Waals surface area contributed by atoms with Gasteiger partial charge in [0.25, 0.3) is 16.7 Å². The van der Waals surface area contributed by atoms with Gasteiger partial charge in [-0.2, -0.15) is 20.1 Å². The summed E-state index contributed by atoms with van der Waals surface area (Å²) in [5.74, 6) is -1.98. The van der Waals surface area contributed by atoms with Crippen molar-refractivity contribution in [2.45, 2.75) is 148 Å². The molecule has 20 N–H and O–H groups in total. The summed E-state index contributed by atoms with van der Waals surface area (Å²) in [6.07, 6.45) is -16.1. The molecule has 0 amide bonds. The summed E-state index contributed by atoms with van der Waals surface area (Å²) in [6, 6.07) is 4.51. The largest absolute Gasteiger partial charge is 0.398 e. The molecule has 9 saturated heterocycles. The smallest absolute Gasteiger partial charge is 0.386 e. The molecule has 720 valence electrons. The first-order valence-electron chi connectivity index (χ1n) is 39.3. The van der Waals surface area contributed by atoms with Crippen molar-refractivity contribution >= 4 is 208 Å². The maximum absolute atomic E-state index is 15.9. The van der Waals surface area contributed by atoms with E-state index in [1.807, 2.05) is 0 Å². The number of nitrogens with zero attached hydrogens (tertiary/aromatic N) is 16. The lowest BCUT2D eigenvalue weighted by Crippen LogP contribution is -2.32. The number of pyridine rings is 2. The maximum Gasteiger partial charge on any atom is 0.386 e. The van der Waals surface area contributed by atoms with Crippen LogP contribution in [0.2, 0.25) is 0 Å². The van der Waals surface area contributed by atoms with Gasteiger partial charge in [0.2, 0.25) is 17.8 Å². The van der Waals surface area contributed by atoms with Crippen LogP contribution in [0.4, 0.5) is 56.9 Å². The Morgan fingerprint density at radius 1 is 0.410 bits per heavy atom. The molecule has 0 radical (unpaired) electrons. The molecule has 134 heavy (non-hydrogen) atoms. The number of hydrogen-bond donors (Lipinski definition) is 15. The predicted octanol–water partition coefficient (Wildman–Crippen LogP) is 3.66. The van der Waals surface area contributed by atoms with Gasteiger partial charge in [-0.15, -0.1) is 0 Å². The Morgan fingerprint density at radius 2 is 0.761 bits per heavy atom. The molecule has 0 saturated carbocycles. The van der Waals surface area contributed by atoms with Gasteiger partial charge in [0.1, 0.15) is 84.8 Å². The Kier molecular flexibility index (Phi) is 26.0. The number of hydrogen-bond acceptors (Lipinski definition) is 43. The highest BCUT2D eigenvalue weighted by Gasteiger charge is 2.57. The Morgan fingerprint density at radius 3 is 1.16 bits per heavy atom. The molecular weight excluding hydrogens is 2040 g/mol. The Labute approximate surface area is 774 Å². The number of halogens is 5. The molecule has 21 rings (SSSR count). The third-order valence-electron chi connectivity index (χ3n) is 22.3. The van der Waals surface area contributed by atoms with Crippen molar-refractivity contribution in [3.8, 4) is 0 Å². The normalized spacial score (nSPS) is 36.2. The summed E-state index contributed by atoms with van der Waals surface area (Å²) >= 11 is 30.2. The fourth-order valence-corrected chi connectivity index (χ4v) is 25.1. The average Bonchev–Trinajstić information content (AvgIpc) is 1.62. The number of imidazole rings is 4. The van der Waals surface area contributed by atoms with Crippen molar-refractivity contribution in [1.29, 1.82) is 0 Å². The molecule has 27 atom stereocenters. The van der Waals surface area contributed by atoms with Gasteiger partial charge in [-0.05, 0) is 77.2 Å². The molecule has 6 bridgehead atoms. The lowest BCUT2D eigenvalue weighted by atomic mass is 10.1. The quantitative estimate of drug-likeness (QED) is 0.0641. The molecule has 0 aliphatic carbocycles. The van der Waals surface area contributed by atoms with Crippen LogP contribution in [-0.2, 0) is 146 Å². The number of anilines is 6. The molecule has 52 nitrogen and oxygen atoms in total. The van der Waals surface area contributed by atoms with Crippen LogP contribution in [0.15, 0.2) is 88.7 Å². The average molecular weight is 2110 g/mol. The summed E-state index contributed by atoms with van der Waals surface area (Å²) in [5.41, 5.74) is 34.5. The number of nitrogens with two attached hydrogens (primary N) is 6. The maximum atomic E-state index is 15.9. The van der Waals surface area contributed by atoms with E-state index in [2.05, 4.69) is 77.2 Å². The number of thiol groups is 1. The van der Waals surface area contributed by atoms with Gasteiger partial charge < -0.3 is 133 Å². The van der Waals surface area contributed by atoms with Gasteiger partial charge in [-0.25, -0.2) is 60.9 Å². The Balaban J connectivity index is 0.000000129. The zero-order valence-corrected chi connectivity index (χ0v) is 77.7. The van der Waals surface area contributed by atoms with Gasteiger partial charge in [-0.1, -0.05) is 12.2 Å². The van der Waals surface area contributed by atoms with Gasteiger partial charge >= 0.3 is 40.4 Å². The van der Waals surface area contributed by atoms with Crippen molar-refractivity contribution in [2.24, 2.45) is 0 Å². The lowest BCUT2D eigenvalue weighted by molar-refractivity contribution is -0.0596. The highest BCUT2D eigenvalue weighted by Crippen LogP contribution is 2.61. The first-order valence-corrected chi connectivity index (χ1v) is 55.0. The zero-order chi connectivity index (χ0) is 94.6. The monoisotopic (exact) mass is 2110 g/mol. The fourth-order valence-electron chi connectivity index (χ4n) is 16.4. The molecule has 12 aromatic heterocycles. The van der Waals surface area contributed by atoms with Crippen LogP contribution >= 0.6 is 52.6 Å². The van der Waals surface area contributed by atoms with E-state index in [0.29, 0.717) is 17.0 Å². The number of ether oxygens (including phenoxy) is 6. The molecular formula is C65H72F5N25O27P6S6. The summed E-state index contributed by atoms with van der Waals surface area (Å²) in [4.78, 5) is 136. The minimum absolute atomic E-state index is 0.00449. The zero-order valence-electron chi connectivity index (χ0n) is 67.3. The Bertz CT molecular complexity index is 6870. The van der Waals surface area contributed by atoms with Crippen LogP contribution in [0.5, 0.6) is 0 Å². The molecule has 21 heterocycles. The number of aromatic amines is 3. The van der Waals surface area contributed by atoms with Crippen LogP contribution in [0.3, 0.4) is 0 Å². The van der Waals surface area contributed by atoms with Crippen LogP contribution in [-0.4, -0.2) is 248 Å². The first-order chi connectivity index (χ1) is 63.5. The third kappa shape index (κ3) is 18.9. The second-order valence-electron chi connectivity index (χ2n) is 30.9. The van der Waals surface area contributed by atoms with Gasteiger partial charge in [0, 0.05) is 55.4 Å². The minimum atomic E-state index is -4.39. The molecule has 69 heteroatoms. The van der Waals surface area contributed by atoms with Gasteiger partial charge in [-0.3, -0.25) is 61.1 Å². The minimum Gasteiger partial charge on any atom is -0.398 e.